The molecule has 0 spiro atoms. The van der Waals surface area contributed by atoms with Crippen molar-refractivity contribution in [2.45, 2.75) is 55.6 Å². The average molecular weight is 390 g/mol. The third-order valence-electron chi connectivity index (χ3n) is 5.10. The Morgan fingerprint density at radius 3 is 2.78 bits per heavy atom. The van der Waals surface area contributed by atoms with Crippen molar-refractivity contribution in [1.29, 1.82) is 0 Å². The molecule has 2 fully saturated rings. The lowest BCUT2D eigenvalue weighted by Crippen LogP contribution is -2.50. The first-order valence-corrected chi connectivity index (χ1v) is 10.6. The third-order valence-corrected chi connectivity index (χ3v) is 7.03. The highest BCUT2D eigenvalue weighted by molar-refractivity contribution is 7.89. The van der Waals surface area contributed by atoms with Crippen molar-refractivity contribution in [2.24, 2.45) is 0 Å². The van der Waals surface area contributed by atoms with Crippen molar-refractivity contribution in [3.8, 4) is 0 Å². The Balaban J connectivity index is 1.38. The normalized spacial score (nSPS) is 23.9. The number of nitrogens with zero attached hydrogens (tertiary/aromatic N) is 3. The van der Waals surface area contributed by atoms with Gasteiger partial charge in [-0.3, -0.25) is 4.79 Å². The van der Waals surface area contributed by atoms with E-state index in [-0.39, 0.29) is 28.7 Å². The van der Waals surface area contributed by atoms with Crippen molar-refractivity contribution in [2.75, 3.05) is 6.54 Å². The SMILES string of the molecule is C[C@@H]1C[C@H](NC(=O)c2cc(C3CC3)on2)CCN1S(=O)(=O)c1ccccn1. The maximum Gasteiger partial charge on any atom is 0.273 e. The molecule has 2 aliphatic rings. The number of aromatic nitrogens is 2. The van der Waals surface area contributed by atoms with E-state index >= 15 is 0 Å². The van der Waals surface area contributed by atoms with Gasteiger partial charge in [-0.05, 0) is 44.7 Å². The maximum atomic E-state index is 12.8. The molecular formula is C18H22N4O4S. The first-order valence-electron chi connectivity index (χ1n) is 9.15. The molecule has 2 aromatic heterocycles. The Kier molecular flexibility index (Phi) is 4.73. The van der Waals surface area contributed by atoms with Crippen LogP contribution in [0.15, 0.2) is 40.0 Å². The fourth-order valence-corrected chi connectivity index (χ4v) is 5.07. The molecule has 9 heteroatoms. The molecule has 0 bridgehead atoms. The van der Waals surface area contributed by atoms with Gasteiger partial charge in [-0.2, -0.15) is 4.31 Å². The van der Waals surface area contributed by atoms with Gasteiger partial charge in [0.05, 0.1) is 0 Å². The van der Waals surface area contributed by atoms with Crippen LogP contribution in [0.2, 0.25) is 0 Å². The second-order valence-electron chi connectivity index (χ2n) is 7.22. The number of sulfonamides is 1. The van der Waals surface area contributed by atoms with Gasteiger partial charge in [-0.25, -0.2) is 13.4 Å². The van der Waals surface area contributed by atoms with Crippen molar-refractivity contribution in [1.82, 2.24) is 19.8 Å². The lowest BCUT2D eigenvalue weighted by atomic mass is 10.0. The number of nitrogens with one attached hydrogen (secondary N) is 1. The second-order valence-corrected chi connectivity index (χ2v) is 9.05. The molecule has 1 saturated carbocycles. The summed E-state index contributed by atoms with van der Waals surface area (Å²) in [5.41, 5.74) is 0.285. The molecular weight excluding hydrogens is 368 g/mol. The first-order chi connectivity index (χ1) is 12.9. The maximum absolute atomic E-state index is 12.8. The summed E-state index contributed by atoms with van der Waals surface area (Å²) in [6, 6.07) is 6.20. The number of hydrogen-bond donors (Lipinski definition) is 1. The van der Waals surface area contributed by atoms with Crippen LogP contribution in [0.3, 0.4) is 0 Å². The summed E-state index contributed by atoms with van der Waals surface area (Å²) < 4.78 is 32.2. The Labute approximate surface area is 158 Å². The van der Waals surface area contributed by atoms with E-state index in [1.807, 2.05) is 6.92 Å². The van der Waals surface area contributed by atoms with Crippen LogP contribution >= 0.6 is 0 Å². The lowest BCUT2D eigenvalue weighted by molar-refractivity contribution is 0.0905. The molecule has 144 valence electrons. The second kappa shape index (κ2) is 7.05. The van der Waals surface area contributed by atoms with Crippen LogP contribution in [0.4, 0.5) is 0 Å². The molecule has 2 atom stereocenters. The number of carbonyl (C=O) groups excluding carboxylic acids is 1. The largest absolute Gasteiger partial charge is 0.360 e. The minimum Gasteiger partial charge on any atom is -0.360 e. The highest BCUT2D eigenvalue weighted by atomic mass is 32.2. The van der Waals surface area contributed by atoms with E-state index in [0.717, 1.165) is 18.6 Å². The topological polar surface area (TPSA) is 105 Å². The fraction of sp³-hybridized carbons (Fsp3) is 0.500. The van der Waals surface area contributed by atoms with Gasteiger partial charge in [0.25, 0.3) is 15.9 Å². The summed E-state index contributed by atoms with van der Waals surface area (Å²) in [6.07, 6.45) is 4.70. The zero-order valence-corrected chi connectivity index (χ0v) is 15.9. The molecule has 1 saturated heterocycles. The molecule has 1 aliphatic carbocycles. The van der Waals surface area contributed by atoms with Gasteiger partial charge < -0.3 is 9.84 Å². The summed E-state index contributed by atoms with van der Waals surface area (Å²) in [4.78, 5) is 16.4. The van der Waals surface area contributed by atoms with E-state index in [9.17, 15) is 13.2 Å². The summed E-state index contributed by atoms with van der Waals surface area (Å²) in [6.45, 7) is 2.18. The van der Waals surface area contributed by atoms with E-state index in [2.05, 4.69) is 15.5 Å². The van der Waals surface area contributed by atoms with Gasteiger partial charge in [0.1, 0.15) is 5.76 Å². The number of pyridine rings is 1. The van der Waals surface area contributed by atoms with Crippen LogP contribution in [0.25, 0.3) is 0 Å². The molecule has 4 rings (SSSR count). The molecule has 1 N–H and O–H groups in total. The van der Waals surface area contributed by atoms with E-state index in [0.29, 0.717) is 25.3 Å². The molecule has 1 aliphatic heterocycles. The fourth-order valence-electron chi connectivity index (χ4n) is 3.47. The van der Waals surface area contributed by atoms with Gasteiger partial charge >= 0.3 is 0 Å². The Hall–Kier alpha value is -2.26. The van der Waals surface area contributed by atoms with Gasteiger partial charge in [0.2, 0.25) is 0 Å². The summed E-state index contributed by atoms with van der Waals surface area (Å²) >= 11 is 0. The van der Waals surface area contributed by atoms with Gasteiger partial charge in [-0.15, -0.1) is 0 Å². The smallest absolute Gasteiger partial charge is 0.273 e. The quantitative estimate of drug-likeness (QED) is 0.836. The zero-order valence-electron chi connectivity index (χ0n) is 15.0. The number of amides is 1. The van der Waals surface area contributed by atoms with Crippen LogP contribution in [0, 0.1) is 0 Å². The predicted octanol–water partition coefficient (Wildman–Crippen LogP) is 1.92. The minimum absolute atomic E-state index is 0.0505. The molecule has 27 heavy (non-hydrogen) atoms. The minimum atomic E-state index is -3.63. The Morgan fingerprint density at radius 1 is 1.30 bits per heavy atom. The monoisotopic (exact) mass is 390 g/mol. The molecule has 1 amide bonds. The first kappa shape index (κ1) is 18.1. The van der Waals surface area contributed by atoms with E-state index < -0.39 is 10.0 Å². The highest BCUT2D eigenvalue weighted by Crippen LogP contribution is 2.40. The van der Waals surface area contributed by atoms with E-state index in [1.54, 1.807) is 18.2 Å². The molecule has 0 radical (unpaired) electrons. The predicted molar refractivity (Wildman–Crippen MR) is 96.6 cm³/mol. The van der Waals surface area contributed by atoms with Gasteiger partial charge in [-0.1, -0.05) is 11.2 Å². The van der Waals surface area contributed by atoms with Crippen LogP contribution in [0.5, 0.6) is 0 Å². The lowest BCUT2D eigenvalue weighted by Gasteiger charge is -2.36. The van der Waals surface area contributed by atoms with Gasteiger partial charge in [0, 0.05) is 36.8 Å². The summed E-state index contributed by atoms with van der Waals surface area (Å²) in [7, 11) is -3.63. The Bertz CT molecular complexity index is 924. The molecule has 3 heterocycles. The molecule has 8 nitrogen and oxygen atoms in total. The number of carbonyl (C=O) groups is 1. The van der Waals surface area contributed by atoms with E-state index in [1.165, 1.54) is 16.6 Å². The van der Waals surface area contributed by atoms with Gasteiger partial charge in [0.15, 0.2) is 10.7 Å². The number of hydrogen-bond acceptors (Lipinski definition) is 6. The average Bonchev–Trinajstić information content (AvgIpc) is 3.39. The molecule has 0 aromatic carbocycles. The van der Waals surface area contributed by atoms with Crippen molar-refractivity contribution >= 4 is 15.9 Å². The van der Waals surface area contributed by atoms with Crippen LogP contribution in [0.1, 0.15) is 54.8 Å². The van der Waals surface area contributed by atoms with Crippen LogP contribution < -0.4 is 5.32 Å². The van der Waals surface area contributed by atoms with Crippen molar-refractivity contribution < 1.29 is 17.7 Å². The number of rotatable bonds is 5. The van der Waals surface area contributed by atoms with Crippen molar-refractivity contribution in [3.63, 3.8) is 0 Å². The van der Waals surface area contributed by atoms with Crippen LogP contribution in [-0.4, -0.2) is 47.4 Å². The summed E-state index contributed by atoms with van der Waals surface area (Å²) in [5, 5.41) is 6.86. The number of piperidine rings is 1. The summed E-state index contributed by atoms with van der Waals surface area (Å²) in [5.74, 6) is 0.896. The standard InChI is InChI=1S/C18H22N4O4S/c1-12-10-14(20-18(23)15-11-16(26-21-15)13-5-6-13)7-9-22(12)27(24,25)17-4-2-3-8-19-17/h2-4,8,11-14H,5-7,9-10H2,1H3,(H,20,23)/t12-,14-/m1/s1. The van der Waals surface area contributed by atoms with E-state index in [4.69, 9.17) is 4.52 Å². The zero-order chi connectivity index (χ0) is 19.0. The molecule has 0 unspecified atom stereocenters. The highest BCUT2D eigenvalue weighted by Gasteiger charge is 2.36. The van der Waals surface area contributed by atoms with Crippen molar-refractivity contribution in [3.05, 3.63) is 41.9 Å². The third kappa shape index (κ3) is 3.74. The van der Waals surface area contributed by atoms with Crippen LogP contribution in [-0.2, 0) is 10.0 Å². The Morgan fingerprint density at radius 2 is 2.11 bits per heavy atom. The molecule has 2 aromatic rings.